The molecule has 1 heterocycles. The summed E-state index contributed by atoms with van der Waals surface area (Å²) in [6, 6.07) is 16.4. The Balaban J connectivity index is 2.02. The quantitative estimate of drug-likeness (QED) is 0.801. The number of carbonyl (C=O) groups excluding carboxylic acids is 1. The monoisotopic (exact) mass is 300 g/mol. The zero-order valence-corrected chi connectivity index (χ0v) is 11.9. The molecule has 3 rings (SSSR count). The normalized spacial score (nSPS) is 16.6. The van der Waals surface area contributed by atoms with Crippen LogP contribution in [0.3, 0.4) is 0 Å². The predicted molar refractivity (Wildman–Crippen MR) is 80.0 cm³/mol. The van der Waals surface area contributed by atoms with Crippen LogP contribution in [0.2, 0.25) is 5.02 Å². The lowest BCUT2D eigenvalue weighted by Gasteiger charge is -2.19. The lowest BCUT2D eigenvalue weighted by Crippen LogP contribution is -2.34. The van der Waals surface area contributed by atoms with E-state index in [0.29, 0.717) is 10.6 Å². The predicted octanol–water partition coefficient (Wildman–Crippen LogP) is 3.94. The van der Waals surface area contributed by atoms with Crippen molar-refractivity contribution in [3.05, 3.63) is 59.1 Å². The van der Waals surface area contributed by atoms with Crippen LogP contribution in [0.5, 0.6) is 0 Å². The third-order valence-electron chi connectivity index (χ3n) is 3.02. The van der Waals surface area contributed by atoms with Gasteiger partial charge in [0.2, 0.25) is 0 Å². The Kier molecular flexibility index (Phi) is 3.39. The van der Waals surface area contributed by atoms with E-state index in [1.165, 1.54) is 16.7 Å². The Morgan fingerprint density at radius 1 is 1.20 bits per heavy atom. The lowest BCUT2D eigenvalue weighted by atomic mass is 10.2. The van der Waals surface area contributed by atoms with Gasteiger partial charge < -0.3 is 0 Å². The third kappa shape index (κ3) is 2.15. The third-order valence-corrected chi connectivity index (χ3v) is 4.41. The maximum absolute atomic E-state index is 12.6. The summed E-state index contributed by atoms with van der Waals surface area (Å²) in [5, 5.41) is 9.31. The highest BCUT2D eigenvalue weighted by atomic mass is 35.5. The minimum absolute atomic E-state index is 0.189. The van der Waals surface area contributed by atoms with Crippen molar-refractivity contribution in [3.8, 4) is 6.07 Å². The molecule has 1 amide bonds. The summed E-state index contributed by atoms with van der Waals surface area (Å²) < 4.78 is 0. The van der Waals surface area contributed by atoms with Gasteiger partial charge in [-0.2, -0.15) is 5.26 Å². The van der Waals surface area contributed by atoms with E-state index in [0.717, 1.165) is 10.6 Å². The van der Waals surface area contributed by atoms with E-state index >= 15 is 0 Å². The van der Waals surface area contributed by atoms with Crippen LogP contribution < -0.4 is 4.90 Å². The van der Waals surface area contributed by atoms with Gasteiger partial charge in [0.15, 0.2) is 5.37 Å². The van der Waals surface area contributed by atoms with E-state index in [1.807, 2.05) is 24.3 Å². The molecule has 0 radical (unpaired) electrons. The maximum atomic E-state index is 12.6. The molecule has 0 fully saturated rings. The fourth-order valence-corrected chi connectivity index (χ4v) is 3.26. The summed E-state index contributed by atoms with van der Waals surface area (Å²) in [7, 11) is 0. The van der Waals surface area contributed by atoms with Crippen LogP contribution in [0, 0.1) is 11.3 Å². The Labute approximate surface area is 125 Å². The van der Waals surface area contributed by atoms with Gasteiger partial charge in [-0.25, -0.2) is 0 Å². The van der Waals surface area contributed by atoms with Crippen LogP contribution in [0.4, 0.5) is 5.69 Å². The number of para-hydroxylation sites is 1. The molecule has 20 heavy (non-hydrogen) atoms. The second kappa shape index (κ2) is 5.20. The smallest absolute Gasteiger partial charge is 0.260 e. The van der Waals surface area contributed by atoms with Crippen molar-refractivity contribution in [2.24, 2.45) is 0 Å². The van der Waals surface area contributed by atoms with Crippen molar-refractivity contribution >= 4 is 35.0 Å². The summed E-state index contributed by atoms with van der Waals surface area (Å²) in [4.78, 5) is 15.1. The molecule has 0 aliphatic carbocycles. The molecule has 1 aliphatic heterocycles. The van der Waals surface area contributed by atoms with Gasteiger partial charge in [0.05, 0.1) is 11.8 Å². The van der Waals surface area contributed by atoms with Crippen molar-refractivity contribution in [2.75, 3.05) is 4.90 Å². The number of hydrogen-bond donors (Lipinski definition) is 0. The number of nitriles is 1. The molecule has 3 nitrogen and oxygen atoms in total. The fraction of sp³-hybridized carbons (Fsp3) is 0.0667. The highest BCUT2D eigenvalue weighted by Gasteiger charge is 2.34. The number of benzene rings is 2. The number of rotatable bonds is 1. The van der Waals surface area contributed by atoms with Crippen LogP contribution in [0.15, 0.2) is 53.4 Å². The molecule has 0 bridgehead atoms. The molecule has 2 aromatic rings. The average molecular weight is 301 g/mol. The second-order valence-electron chi connectivity index (χ2n) is 4.25. The average Bonchev–Trinajstić information content (AvgIpc) is 2.85. The molecule has 0 spiro atoms. The zero-order chi connectivity index (χ0) is 14.1. The lowest BCUT2D eigenvalue weighted by molar-refractivity contribution is 0.0988. The van der Waals surface area contributed by atoms with Crippen LogP contribution in [-0.4, -0.2) is 11.3 Å². The van der Waals surface area contributed by atoms with E-state index < -0.39 is 5.37 Å². The first-order valence-corrected chi connectivity index (χ1v) is 7.21. The Hall–Kier alpha value is -1.96. The zero-order valence-electron chi connectivity index (χ0n) is 10.3. The first-order chi connectivity index (χ1) is 9.70. The van der Waals surface area contributed by atoms with Crippen LogP contribution in [0.1, 0.15) is 10.4 Å². The Morgan fingerprint density at radius 2 is 1.90 bits per heavy atom. The van der Waals surface area contributed by atoms with E-state index in [4.69, 9.17) is 11.6 Å². The van der Waals surface area contributed by atoms with E-state index in [1.54, 1.807) is 24.3 Å². The summed E-state index contributed by atoms with van der Waals surface area (Å²) in [6.07, 6.45) is 0. The van der Waals surface area contributed by atoms with Gasteiger partial charge in [-0.15, -0.1) is 0 Å². The standard InChI is InChI=1S/C15H9ClN2OS/c16-11-7-5-10(6-8-11)15(19)18-12-3-1-2-4-13(12)20-14(18)9-17/h1-8,14H. The second-order valence-corrected chi connectivity index (χ2v) is 5.81. The molecule has 1 unspecified atom stereocenters. The molecular formula is C15H9ClN2OS. The summed E-state index contributed by atoms with van der Waals surface area (Å²) in [6.45, 7) is 0. The number of anilines is 1. The molecule has 98 valence electrons. The molecule has 2 aromatic carbocycles. The minimum atomic E-state index is -0.532. The molecule has 1 aliphatic rings. The van der Waals surface area contributed by atoms with Gasteiger partial charge in [-0.3, -0.25) is 9.69 Å². The first kappa shape index (κ1) is 13.0. The number of amides is 1. The van der Waals surface area contributed by atoms with E-state index in [9.17, 15) is 10.1 Å². The van der Waals surface area contributed by atoms with Gasteiger partial charge >= 0.3 is 0 Å². The van der Waals surface area contributed by atoms with Crippen molar-refractivity contribution in [2.45, 2.75) is 10.3 Å². The minimum Gasteiger partial charge on any atom is -0.281 e. The van der Waals surface area contributed by atoms with Gasteiger partial charge in [-0.05, 0) is 36.4 Å². The summed E-state index contributed by atoms with van der Waals surface area (Å²) in [5.74, 6) is -0.189. The van der Waals surface area contributed by atoms with Gasteiger partial charge in [0.1, 0.15) is 0 Å². The van der Waals surface area contributed by atoms with Crippen molar-refractivity contribution in [3.63, 3.8) is 0 Å². The van der Waals surface area contributed by atoms with Crippen LogP contribution in [-0.2, 0) is 0 Å². The largest absolute Gasteiger partial charge is 0.281 e. The first-order valence-electron chi connectivity index (χ1n) is 5.95. The number of carbonyl (C=O) groups is 1. The van der Waals surface area contributed by atoms with Gasteiger partial charge in [-0.1, -0.05) is 35.5 Å². The van der Waals surface area contributed by atoms with Crippen LogP contribution in [0.25, 0.3) is 0 Å². The van der Waals surface area contributed by atoms with Crippen molar-refractivity contribution in [1.82, 2.24) is 0 Å². The number of nitrogens with zero attached hydrogens (tertiary/aromatic N) is 2. The molecule has 0 aromatic heterocycles. The molecule has 0 saturated carbocycles. The topological polar surface area (TPSA) is 44.1 Å². The Morgan fingerprint density at radius 3 is 2.60 bits per heavy atom. The number of halogens is 1. The summed E-state index contributed by atoms with van der Waals surface area (Å²) in [5.41, 5.74) is 1.30. The number of fused-ring (bicyclic) bond motifs is 1. The van der Waals surface area contributed by atoms with Crippen molar-refractivity contribution < 1.29 is 4.79 Å². The number of hydrogen-bond acceptors (Lipinski definition) is 3. The molecule has 0 N–H and O–H groups in total. The highest BCUT2D eigenvalue weighted by molar-refractivity contribution is 8.00. The SMILES string of the molecule is N#CC1Sc2ccccc2N1C(=O)c1ccc(Cl)cc1. The van der Waals surface area contributed by atoms with Crippen molar-refractivity contribution in [1.29, 1.82) is 5.26 Å². The molecule has 1 atom stereocenters. The van der Waals surface area contributed by atoms with E-state index in [-0.39, 0.29) is 5.91 Å². The molecule has 5 heteroatoms. The molecular weight excluding hydrogens is 292 g/mol. The molecule has 0 saturated heterocycles. The van der Waals surface area contributed by atoms with Crippen LogP contribution >= 0.6 is 23.4 Å². The summed E-state index contributed by atoms with van der Waals surface area (Å²) >= 11 is 7.22. The van der Waals surface area contributed by atoms with Gasteiger partial charge in [0.25, 0.3) is 5.91 Å². The van der Waals surface area contributed by atoms with E-state index in [2.05, 4.69) is 6.07 Å². The number of thioether (sulfide) groups is 1. The maximum Gasteiger partial charge on any atom is 0.260 e. The fourth-order valence-electron chi connectivity index (χ4n) is 2.09. The highest BCUT2D eigenvalue weighted by Crippen LogP contribution is 2.43. The van der Waals surface area contributed by atoms with Gasteiger partial charge in [0, 0.05) is 15.5 Å². The Bertz CT molecular complexity index is 709.